The summed E-state index contributed by atoms with van der Waals surface area (Å²) in [6, 6.07) is 7.21. The molecule has 1 aromatic rings. The van der Waals surface area contributed by atoms with Crippen molar-refractivity contribution >= 4 is 0 Å². The average molecular weight is 249 g/mol. The predicted octanol–water partition coefficient (Wildman–Crippen LogP) is 4.09. The number of hydrogen-bond donors (Lipinski definition) is 1. The van der Waals surface area contributed by atoms with Crippen molar-refractivity contribution in [3.05, 3.63) is 48.3 Å². The third kappa shape index (κ3) is 6.55. The van der Waals surface area contributed by atoms with E-state index in [2.05, 4.69) is 18.8 Å². The maximum Gasteiger partial charge on any atom is 0.123 e. The second-order valence-electron chi connectivity index (χ2n) is 4.82. The quantitative estimate of drug-likeness (QED) is 0.513. The van der Waals surface area contributed by atoms with Crippen LogP contribution in [0, 0.1) is 5.82 Å². The van der Waals surface area contributed by atoms with Crippen LogP contribution >= 0.6 is 0 Å². The molecule has 18 heavy (non-hydrogen) atoms. The predicted molar refractivity (Wildman–Crippen MR) is 76.2 cm³/mol. The number of benzene rings is 1. The van der Waals surface area contributed by atoms with E-state index in [1.165, 1.54) is 37.0 Å². The van der Waals surface area contributed by atoms with Crippen LogP contribution in [-0.2, 0) is 6.42 Å². The molecule has 0 fully saturated rings. The summed E-state index contributed by atoms with van der Waals surface area (Å²) in [5, 5.41) is 3.50. The molecule has 0 spiro atoms. The van der Waals surface area contributed by atoms with Gasteiger partial charge < -0.3 is 5.32 Å². The second-order valence-corrected chi connectivity index (χ2v) is 4.82. The Morgan fingerprint density at radius 2 is 1.94 bits per heavy atom. The Hall–Kier alpha value is -1.15. The zero-order valence-corrected chi connectivity index (χ0v) is 11.3. The number of allylic oxidation sites excluding steroid dienone is 1. The average Bonchev–Trinajstić information content (AvgIpc) is 2.36. The number of unbranched alkanes of at least 4 members (excludes halogenated alkanes) is 3. The van der Waals surface area contributed by atoms with Crippen LogP contribution in [0.2, 0.25) is 0 Å². The van der Waals surface area contributed by atoms with E-state index < -0.39 is 0 Å². The van der Waals surface area contributed by atoms with Crippen LogP contribution in [0.1, 0.15) is 38.2 Å². The molecule has 0 aromatic heterocycles. The minimum atomic E-state index is -0.165. The highest BCUT2D eigenvalue weighted by Gasteiger charge is 2.02. The van der Waals surface area contributed by atoms with Gasteiger partial charge in [-0.25, -0.2) is 4.39 Å². The van der Waals surface area contributed by atoms with E-state index in [-0.39, 0.29) is 5.82 Å². The third-order valence-corrected chi connectivity index (χ3v) is 3.03. The van der Waals surface area contributed by atoms with Gasteiger partial charge in [-0.1, -0.05) is 24.6 Å². The van der Waals surface area contributed by atoms with Gasteiger partial charge in [-0.2, -0.15) is 0 Å². The Balaban J connectivity index is 2.11. The van der Waals surface area contributed by atoms with E-state index in [1.807, 2.05) is 18.2 Å². The molecule has 2 heteroatoms. The Bertz CT molecular complexity index is 331. The van der Waals surface area contributed by atoms with Crippen LogP contribution < -0.4 is 5.32 Å². The van der Waals surface area contributed by atoms with Crippen molar-refractivity contribution in [3.8, 4) is 0 Å². The maximum absolute atomic E-state index is 12.8. The molecular weight excluding hydrogens is 225 g/mol. The molecule has 0 radical (unpaired) electrons. The molecule has 1 nitrogen and oxygen atoms in total. The first-order valence-corrected chi connectivity index (χ1v) is 6.81. The molecule has 1 rings (SSSR count). The SMILES string of the molecule is C=CCCCCCNC(C)Cc1ccc(F)cc1. The van der Waals surface area contributed by atoms with Crippen molar-refractivity contribution in [2.24, 2.45) is 0 Å². The van der Waals surface area contributed by atoms with Crippen LogP contribution in [0.3, 0.4) is 0 Å². The Kier molecular flexibility index (Phi) is 7.35. The summed E-state index contributed by atoms with van der Waals surface area (Å²) in [6.07, 6.45) is 7.74. The van der Waals surface area contributed by atoms with Crippen molar-refractivity contribution in [2.45, 2.75) is 45.1 Å². The number of halogens is 1. The Labute approximate surface area is 110 Å². The second kappa shape index (κ2) is 8.87. The molecular formula is C16H24FN. The molecule has 0 heterocycles. The summed E-state index contributed by atoms with van der Waals surface area (Å²) in [6.45, 7) is 6.95. The number of hydrogen-bond acceptors (Lipinski definition) is 1. The zero-order chi connectivity index (χ0) is 13.2. The lowest BCUT2D eigenvalue weighted by Crippen LogP contribution is -2.28. The molecule has 100 valence electrons. The Morgan fingerprint density at radius 1 is 1.22 bits per heavy atom. The van der Waals surface area contributed by atoms with Gasteiger partial charge in [0.05, 0.1) is 0 Å². The van der Waals surface area contributed by atoms with E-state index in [4.69, 9.17) is 0 Å². The van der Waals surface area contributed by atoms with Crippen molar-refractivity contribution in [3.63, 3.8) is 0 Å². The van der Waals surface area contributed by atoms with Crippen LogP contribution in [0.25, 0.3) is 0 Å². The highest BCUT2D eigenvalue weighted by Crippen LogP contribution is 2.06. The van der Waals surface area contributed by atoms with E-state index in [0.717, 1.165) is 19.4 Å². The number of nitrogens with one attached hydrogen (secondary N) is 1. The van der Waals surface area contributed by atoms with Crippen molar-refractivity contribution < 1.29 is 4.39 Å². The molecule has 0 amide bonds. The van der Waals surface area contributed by atoms with Gasteiger partial charge in [-0.05, 0) is 56.8 Å². The van der Waals surface area contributed by atoms with Gasteiger partial charge in [0.1, 0.15) is 5.82 Å². The van der Waals surface area contributed by atoms with Crippen molar-refractivity contribution in [2.75, 3.05) is 6.54 Å². The Morgan fingerprint density at radius 3 is 2.61 bits per heavy atom. The molecule has 1 aromatic carbocycles. The first kappa shape index (κ1) is 14.9. The minimum Gasteiger partial charge on any atom is -0.314 e. The smallest absolute Gasteiger partial charge is 0.123 e. The summed E-state index contributed by atoms with van der Waals surface area (Å²) in [5.41, 5.74) is 1.18. The van der Waals surface area contributed by atoms with Gasteiger partial charge in [-0.3, -0.25) is 0 Å². The van der Waals surface area contributed by atoms with Crippen LogP contribution in [0.5, 0.6) is 0 Å². The monoisotopic (exact) mass is 249 g/mol. The van der Waals surface area contributed by atoms with E-state index in [1.54, 1.807) is 0 Å². The molecule has 0 saturated heterocycles. The van der Waals surface area contributed by atoms with Crippen molar-refractivity contribution in [1.29, 1.82) is 0 Å². The summed E-state index contributed by atoms with van der Waals surface area (Å²) >= 11 is 0. The lowest BCUT2D eigenvalue weighted by molar-refractivity contribution is 0.519. The summed E-state index contributed by atoms with van der Waals surface area (Å²) < 4.78 is 12.8. The minimum absolute atomic E-state index is 0.165. The lowest BCUT2D eigenvalue weighted by atomic mass is 10.1. The largest absolute Gasteiger partial charge is 0.314 e. The summed E-state index contributed by atoms with van der Waals surface area (Å²) in [7, 11) is 0. The molecule has 0 aliphatic rings. The van der Waals surface area contributed by atoms with Gasteiger partial charge in [0.2, 0.25) is 0 Å². The lowest BCUT2D eigenvalue weighted by Gasteiger charge is -2.13. The third-order valence-electron chi connectivity index (χ3n) is 3.03. The van der Waals surface area contributed by atoms with E-state index in [9.17, 15) is 4.39 Å². The topological polar surface area (TPSA) is 12.0 Å². The van der Waals surface area contributed by atoms with Crippen LogP contribution in [0.4, 0.5) is 4.39 Å². The van der Waals surface area contributed by atoms with Gasteiger partial charge in [0.25, 0.3) is 0 Å². The molecule has 1 atom stereocenters. The molecule has 0 saturated carbocycles. The molecule has 1 N–H and O–H groups in total. The van der Waals surface area contributed by atoms with Crippen LogP contribution in [-0.4, -0.2) is 12.6 Å². The summed E-state index contributed by atoms with van der Waals surface area (Å²) in [4.78, 5) is 0. The molecule has 0 aliphatic carbocycles. The fourth-order valence-corrected chi connectivity index (χ4v) is 1.99. The first-order valence-electron chi connectivity index (χ1n) is 6.81. The van der Waals surface area contributed by atoms with Crippen molar-refractivity contribution in [1.82, 2.24) is 5.32 Å². The zero-order valence-electron chi connectivity index (χ0n) is 11.3. The molecule has 0 bridgehead atoms. The normalized spacial score (nSPS) is 12.3. The van der Waals surface area contributed by atoms with Crippen LogP contribution in [0.15, 0.2) is 36.9 Å². The first-order chi connectivity index (χ1) is 8.72. The highest BCUT2D eigenvalue weighted by molar-refractivity contribution is 5.16. The standard InChI is InChI=1S/C16H24FN/c1-3-4-5-6-7-12-18-14(2)13-15-8-10-16(17)11-9-15/h3,8-11,14,18H,1,4-7,12-13H2,2H3. The fourth-order valence-electron chi connectivity index (χ4n) is 1.99. The van der Waals surface area contributed by atoms with Gasteiger partial charge in [0.15, 0.2) is 0 Å². The van der Waals surface area contributed by atoms with E-state index in [0.29, 0.717) is 6.04 Å². The van der Waals surface area contributed by atoms with Gasteiger partial charge in [-0.15, -0.1) is 6.58 Å². The van der Waals surface area contributed by atoms with E-state index >= 15 is 0 Å². The molecule has 0 aliphatic heterocycles. The summed E-state index contributed by atoms with van der Waals surface area (Å²) in [5.74, 6) is -0.165. The fraction of sp³-hybridized carbons (Fsp3) is 0.500. The molecule has 1 unspecified atom stereocenters. The van der Waals surface area contributed by atoms with Gasteiger partial charge >= 0.3 is 0 Å². The maximum atomic E-state index is 12.8. The van der Waals surface area contributed by atoms with Gasteiger partial charge in [0, 0.05) is 6.04 Å². The number of rotatable bonds is 9. The highest BCUT2D eigenvalue weighted by atomic mass is 19.1.